The predicted octanol–water partition coefficient (Wildman–Crippen LogP) is 1.12. The highest BCUT2D eigenvalue weighted by molar-refractivity contribution is 7.87. The van der Waals surface area contributed by atoms with E-state index in [1.165, 1.54) is 4.31 Å². The first-order valence-electron chi connectivity index (χ1n) is 6.24. The molecular formula is C11H24N2O3S. The zero-order chi connectivity index (χ0) is 12.9. The number of nitrogens with zero attached hydrogens (tertiary/aromatic N) is 1. The maximum Gasteiger partial charge on any atom is 0.280 e. The Kier molecular flexibility index (Phi) is 5.37. The van der Waals surface area contributed by atoms with E-state index in [0.717, 1.165) is 19.3 Å². The number of ether oxygens (including phenoxy) is 1. The average molecular weight is 264 g/mol. The van der Waals surface area contributed by atoms with Crippen molar-refractivity contribution < 1.29 is 13.2 Å². The van der Waals surface area contributed by atoms with Crippen LogP contribution in [-0.4, -0.2) is 44.6 Å². The van der Waals surface area contributed by atoms with Crippen molar-refractivity contribution in [2.45, 2.75) is 45.6 Å². The number of hydrogen-bond donors (Lipinski definition) is 1. The molecule has 0 aromatic heterocycles. The monoisotopic (exact) mass is 264 g/mol. The molecule has 6 heteroatoms. The van der Waals surface area contributed by atoms with Crippen molar-refractivity contribution in [1.82, 2.24) is 9.03 Å². The smallest absolute Gasteiger partial charge is 0.280 e. The zero-order valence-corrected chi connectivity index (χ0v) is 11.8. The second-order valence-corrected chi connectivity index (χ2v) is 6.78. The minimum Gasteiger partial charge on any atom is -0.379 e. The molecule has 17 heavy (non-hydrogen) atoms. The molecule has 1 saturated heterocycles. The third-order valence-corrected chi connectivity index (χ3v) is 4.73. The first-order valence-corrected chi connectivity index (χ1v) is 7.68. The van der Waals surface area contributed by atoms with Gasteiger partial charge >= 0.3 is 0 Å². The Balaban J connectivity index is 2.58. The van der Waals surface area contributed by atoms with Crippen LogP contribution in [0.1, 0.15) is 40.0 Å². The normalized spacial score (nSPS) is 19.5. The molecule has 0 aromatic rings. The van der Waals surface area contributed by atoms with Crippen LogP contribution in [0.25, 0.3) is 0 Å². The molecule has 0 spiro atoms. The molecule has 1 aliphatic heterocycles. The highest BCUT2D eigenvalue weighted by atomic mass is 32.2. The lowest BCUT2D eigenvalue weighted by Crippen LogP contribution is -2.53. The van der Waals surface area contributed by atoms with Crippen LogP contribution in [0.15, 0.2) is 0 Å². The van der Waals surface area contributed by atoms with Crippen molar-refractivity contribution in [3.63, 3.8) is 0 Å². The second kappa shape index (κ2) is 6.13. The van der Waals surface area contributed by atoms with Crippen LogP contribution < -0.4 is 4.72 Å². The molecule has 0 aliphatic carbocycles. The lowest BCUT2D eigenvalue weighted by atomic mass is 9.99. The van der Waals surface area contributed by atoms with Gasteiger partial charge in [-0.25, -0.2) is 0 Å². The van der Waals surface area contributed by atoms with Gasteiger partial charge in [-0.05, 0) is 20.3 Å². The fourth-order valence-corrected chi connectivity index (χ4v) is 3.43. The summed E-state index contributed by atoms with van der Waals surface area (Å²) in [5.41, 5.74) is -0.382. The van der Waals surface area contributed by atoms with Gasteiger partial charge in [-0.2, -0.15) is 17.4 Å². The summed E-state index contributed by atoms with van der Waals surface area (Å²) >= 11 is 0. The lowest BCUT2D eigenvalue weighted by Gasteiger charge is -2.32. The highest BCUT2D eigenvalue weighted by Gasteiger charge is 2.30. The molecular weight excluding hydrogens is 240 g/mol. The number of morpholine rings is 1. The Hall–Kier alpha value is -0.170. The molecule has 0 radical (unpaired) electrons. The number of unbranched alkanes of at least 4 members (excludes halogenated alkanes) is 1. The van der Waals surface area contributed by atoms with E-state index in [9.17, 15) is 8.42 Å². The van der Waals surface area contributed by atoms with Crippen LogP contribution in [0.2, 0.25) is 0 Å². The predicted molar refractivity (Wildman–Crippen MR) is 68.1 cm³/mol. The molecule has 1 heterocycles. The fraction of sp³-hybridized carbons (Fsp3) is 1.00. The van der Waals surface area contributed by atoms with Gasteiger partial charge < -0.3 is 4.74 Å². The van der Waals surface area contributed by atoms with Crippen molar-refractivity contribution in [1.29, 1.82) is 0 Å². The topological polar surface area (TPSA) is 58.6 Å². The molecule has 1 rings (SSSR count). The molecule has 102 valence electrons. The molecule has 0 amide bonds. The van der Waals surface area contributed by atoms with E-state index in [1.54, 1.807) is 0 Å². The van der Waals surface area contributed by atoms with E-state index in [2.05, 4.69) is 11.6 Å². The second-order valence-electron chi connectivity index (χ2n) is 5.11. The van der Waals surface area contributed by atoms with Gasteiger partial charge in [0.25, 0.3) is 10.2 Å². The van der Waals surface area contributed by atoms with Crippen LogP contribution in [-0.2, 0) is 14.9 Å². The van der Waals surface area contributed by atoms with Gasteiger partial charge in [-0.3, -0.25) is 0 Å². The number of hydrogen-bond acceptors (Lipinski definition) is 3. The van der Waals surface area contributed by atoms with Crippen molar-refractivity contribution in [3.05, 3.63) is 0 Å². The largest absolute Gasteiger partial charge is 0.379 e. The Labute approximate surface area is 105 Å². The molecule has 1 aliphatic rings. The van der Waals surface area contributed by atoms with Crippen molar-refractivity contribution in [3.8, 4) is 0 Å². The average Bonchev–Trinajstić information content (AvgIpc) is 2.26. The molecule has 1 fully saturated rings. The van der Waals surface area contributed by atoms with Gasteiger partial charge in [0.15, 0.2) is 0 Å². The maximum absolute atomic E-state index is 12.1. The third kappa shape index (κ3) is 4.91. The Morgan fingerprint density at radius 2 is 1.88 bits per heavy atom. The summed E-state index contributed by atoms with van der Waals surface area (Å²) in [5.74, 6) is 0. The van der Waals surface area contributed by atoms with E-state index in [4.69, 9.17) is 4.74 Å². The molecule has 5 nitrogen and oxygen atoms in total. The number of rotatable bonds is 6. The van der Waals surface area contributed by atoms with Crippen LogP contribution in [0.5, 0.6) is 0 Å². The van der Waals surface area contributed by atoms with Crippen molar-refractivity contribution in [2.75, 3.05) is 26.3 Å². The molecule has 0 atom stereocenters. The first-order chi connectivity index (χ1) is 7.87. The Morgan fingerprint density at radius 3 is 2.41 bits per heavy atom. The minimum atomic E-state index is -3.37. The summed E-state index contributed by atoms with van der Waals surface area (Å²) in [7, 11) is -3.37. The van der Waals surface area contributed by atoms with E-state index >= 15 is 0 Å². The van der Waals surface area contributed by atoms with E-state index in [-0.39, 0.29) is 5.54 Å². The fourth-order valence-electron chi connectivity index (χ4n) is 1.87. The summed E-state index contributed by atoms with van der Waals surface area (Å²) in [5, 5.41) is 0. The zero-order valence-electron chi connectivity index (χ0n) is 11.0. The number of nitrogens with one attached hydrogen (secondary N) is 1. The quantitative estimate of drug-likeness (QED) is 0.782. The maximum atomic E-state index is 12.1. The van der Waals surface area contributed by atoms with Gasteiger partial charge in [0.05, 0.1) is 13.2 Å². The van der Waals surface area contributed by atoms with Crippen molar-refractivity contribution >= 4 is 10.2 Å². The first kappa shape index (κ1) is 14.9. The van der Waals surface area contributed by atoms with E-state index < -0.39 is 10.2 Å². The molecule has 0 bridgehead atoms. The summed E-state index contributed by atoms with van der Waals surface area (Å²) in [6.07, 6.45) is 2.95. The SMILES string of the molecule is CCCCC(C)(C)NS(=O)(=O)N1CCOCC1. The summed E-state index contributed by atoms with van der Waals surface area (Å²) in [6, 6.07) is 0. The van der Waals surface area contributed by atoms with Gasteiger partial charge in [-0.1, -0.05) is 19.8 Å². The molecule has 0 saturated carbocycles. The van der Waals surface area contributed by atoms with Crippen LogP contribution in [0.3, 0.4) is 0 Å². The van der Waals surface area contributed by atoms with Gasteiger partial charge in [0.1, 0.15) is 0 Å². The third-order valence-electron chi connectivity index (χ3n) is 2.87. The summed E-state index contributed by atoms with van der Waals surface area (Å²) < 4.78 is 33.6. The Bertz CT molecular complexity index is 322. The lowest BCUT2D eigenvalue weighted by molar-refractivity contribution is 0.0720. The van der Waals surface area contributed by atoms with Gasteiger partial charge in [0, 0.05) is 18.6 Å². The standard InChI is InChI=1S/C11H24N2O3S/c1-4-5-6-11(2,3)12-17(14,15)13-7-9-16-10-8-13/h12H,4-10H2,1-3H3. The summed E-state index contributed by atoms with van der Waals surface area (Å²) in [6.45, 7) is 7.82. The van der Waals surface area contributed by atoms with Crippen LogP contribution in [0.4, 0.5) is 0 Å². The van der Waals surface area contributed by atoms with Crippen LogP contribution in [0, 0.1) is 0 Å². The Morgan fingerprint density at radius 1 is 1.29 bits per heavy atom. The minimum absolute atomic E-state index is 0.382. The van der Waals surface area contributed by atoms with E-state index in [1.807, 2.05) is 13.8 Å². The van der Waals surface area contributed by atoms with Gasteiger partial charge in [-0.15, -0.1) is 0 Å². The van der Waals surface area contributed by atoms with Gasteiger partial charge in [0.2, 0.25) is 0 Å². The summed E-state index contributed by atoms with van der Waals surface area (Å²) in [4.78, 5) is 0. The molecule has 1 N–H and O–H groups in total. The molecule has 0 unspecified atom stereocenters. The molecule has 0 aromatic carbocycles. The highest BCUT2D eigenvalue weighted by Crippen LogP contribution is 2.16. The van der Waals surface area contributed by atoms with Crippen LogP contribution >= 0.6 is 0 Å². The van der Waals surface area contributed by atoms with E-state index in [0.29, 0.717) is 26.3 Å². The van der Waals surface area contributed by atoms with Crippen molar-refractivity contribution in [2.24, 2.45) is 0 Å².